The van der Waals surface area contributed by atoms with Crippen LogP contribution in [-0.4, -0.2) is 23.8 Å². The molecule has 0 unspecified atom stereocenters. The molecule has 1 aliphatic rings. The first-order valence-corrected chi connectivity index (χ1v) is 5.45. The minimum Gasteiger partial charge on any atom is -0.465 e. The molecular weight excluding hydrogens is 246 g/mol. The van der Waals surface area contributed by atoms with Gasteiger partial charge >= 0.3 is 11.0 Å². The van der Waals surface area contributed by atoms with Gasteiger partial charge in [-0.2, -0.15) is 0 Å². The highest BCUT2D eigenvalue weighted by Crippen LogP contribution is 2.34. The number of hydrogen-bond donors (Lipinski definition) is 0. The number of carbonyl (C=O) groups is 2. The molecule has 88 valence electrons. The van der Waals surface area contributed by atoms with Crippen molar-refractivity contribution in [3.8, 4) is 0 Å². The van der Waals surface area contributed by atoms with Crippen LogP contribution in [0.5, 0.6) is 0 Å². The van der Waals surface area contributed by atoms with E-state index in [4.69, 9.17) is 0 Å². The highest BCUT2D eigenvalue weighted by molar-refractivity contribution is 7.16. The molecule has 7 heteroatoms. The standard InChI is InChI=1S/C10H7NO5S/c1-16-10(13)6-4-8-5(2-7(6)12)3-9(17-8)11(14)15/h3-4H,2H2,1H3. The van der Waals surface area contributed by atoms with Crippen LogP contribution in [0.25, 0.3) is 6.08 Å². The number of carbonyl (C=O) groups excluding carboxylic acids is 2. The SMILES string of the molecule is COC(=O)C1=Cc2sc([N+](=O)[O-])cc2CC1=O. The number of ether oxygens (including phenoxy) is 1. The number of thiophene rings is 1. The second kappa shape index (κ2) is 4.10. The third kappa shape index (κ3) is 1.96. The summed E-state index contributed by atoms with van der Waals surface area (Å²) in [5.41, 5.74) is 0.524. The molecule has 0 saturated carbocycles. The summed E-state index contributed by atoms with van der Waals surface area (Å²) in [5.74, 6) is -1.09. The van der Waals surface area contributed by atoms with Crippen LogP contribution in [0.4, 0.5) is 5.00 Å². The molecular formula is C10H7NO5S. The average molecular weight is 253 g/mol. The second-order valence-corrected chi connectivity index (χ2v) is 4.44. The molecule has 1 heterocycles. The van der Waals surface area contributed by atoms with E-state index in [1.807, 2.05) is 0 Å². The van der Waals surface area contributed by atoms with Gasteiger partial charge in [0.2, 0.25) is 0 Å². The minimum atomic E-state index is -0.711. The quantitative estimate of drug-likeness (QED) is 0.343. The number of nitrogens with zero attached hydrogens (tertiary/aromatic N) is 1. The molecule has 0 aliphatic heterocycles. The van der Waals surface area contributed by atoms with Crippen molar-refractivity contribution in [2.45, 2.75) is 6.42 Å². The Morgan fingerprint density at radius 2 is 2.29 bits per heavy atom. The van der Waals surface area contributed by atoms with Crippen LogP contribution in [0.15, 0.2) is 11.6 Å². The molecule has 0 atom stereocenters. The first-order valence-electron chi connectivity index (χ1n) is 4.63. The van der Waals surface area contributed by atoms with E-state index in [1.165, 1.54) is 19.3 Å². The van der Waals surface area contributed by atoms with Crippen LogP contribution < -0.4 is 0 Å². The van der Waals surface area contributed by atoms with Gasteiger partial charge in [0.1, 0.15) is 5.57 Å². The molecule has 1 aromatic heterocycles. The molecule has 6 nitrogen and oxygen atoms in total. The first-order chi connectivity index (χ1) is 8.02. The minimum absolute atomic E-state index is 0.000602. The van der Waals surface area contributed by atoms with Gasteiger partial charge in [-0.05, 0) is 11.6 Å². The largest absolute Gasteiger partial charge is 0.465 e. The molecule has 0 fully saturated rings. The van der Waals surface area contributed by atoms with Crippen molar-refractivity contribution in [2.24, 2.45) is 0 Å². The maximum Gasteiger partial charge on any atom is 0.341 e. The molecule has 17 heavy (non-hydrogen) atoms. The van der Waals surface area contributed by atoms with E-state index in [1.54, 1.807) is 0 Å². The van der Waals surface area contributed by atoms with E-state index in [0.29, 0.717) is 10.4 Å². The normalized spacial score (nSPS) is 13.9. The van der Waals surface area contributed by atoms with Crippen molar-refractivity contribution in [1.82, 2.24) is 0 Å². The maximum atomic E-state index is 11.6. The average Bonchev–Trinajstić information content (AvgIpc) is 2.69. The maximum absolute atomic E-state index is 11.6. The predicted octanol–water partition coefficient (Wildman–Crippen LogP) is 1.34. The van der Waals surface area contributed by atoms with Crippen LogP contribution in [0.3, 0.4) is 0 Å². The lowest BCUT2D eigenvalue weighted by atomic mass is 9.97. The summed E-state index contributed by atoms with van der Waals surface area (Å²) < 4.78 is 4.47. The molecule has 1 aliphatic carbocycles. The van der Waals surface area contributed by atoms with Gasteiger partial charge < -0.3 is 4.74 Å². The molecule has 0 radical (unpaired) electrons. The number of methoxy groups -OCH3 is 1. The lowest BCUT2D eigenvalue weighted by molar-refractivity contribution is -0.380. The lowest BCUT2D eigenvalue weighted by Gasteiger charge is -2.09. The highest BCUT2D eigenvalue weighted by atomic mass is 32.1. The summed E-state index contributed by atoms with van der Waals surface area (Å²) in [7, 11) is 1.18. The van der Waals surface area contributed by atoms with Gasteiger partial charge in [-0.3, -0.25) is 14.9 Å². The first kappa shape index (κ1) is 11.5. The zero-order valence-electron chi connectivity index (χ0n) is 8.76. The van der Waals surface area contributed by atoms with Crippen LogP contribution in [0.2, 0.25) is 0 Å². The van der Waals surface area contributed by atoms with Gasteiger partial charge in [0.25, 0.3) is 0 Å². The van der Waals surface area contributed by atoms with Crippen molar-refractivity contribution in [1.29, 1.82) is 0 Å². The summed E-state index contributed by atoms with van der Waals surface area (Å²) in [6.07, 6.45) is 1.35. The summed E-state index contributed by atoms with van der Waals surface area (Å²) in [5, 5.41) is 10.6. The number of nitro groups is 1. The van der Waals surface area contributed by atoms with Crippen LogP contribution in [0.1, 0.15) is 10.4 Å². The van der Waals surface area contributed by atoms with E-state index < -0.39 is 10.9 Å². The van der Waals surface area contributed by atoms with Gasteiger partial charge in [0, 0.05) is 17.4 Å². The summed E-state index contributed by atoms with van der Waals surface area (Å²) in [6.45, 7) is 0. The third-order valence-electron chi connectivity index (χ3n) is 2.34. The summed E-state index contributed by atoms with van der Waals surface area (Å²) >= 11 is 0.942. The molecule has 0 saturated heterocycles. The van der Waals surface area contributed by atoms with Crippen LogP contribution in [-0.2, 0) is 20.7 Å². The fourth-order valence-electron chi connectivity index (χ4n) is 1.54. The van der Waals surface area contributed by atoms with E-state index in [0.717, 1.165) is 11.3 Å². The molecule has 1 aromatic rings. The fraction of sp³-hybridized carbons (Fsp3) is 0.200. The number of ketones is 1. The van der Waals surface area contributed by atoms with E-state index in [-0.39, 0.29) is 22.8 Å². The number of fused-ring (bicyclic) bond motifs is 1. The van der Waals surface area contributed by atoms with Gasteiger partial charge in [0.15, 0.2) is 5.78 Å². The number of rotatable bonds is 2. The Bertz CT molecular complexity index is 557. The van der Waals surface area contributed by atoms with Gasteiger partial charge in [-0.1, -0.05) is 11.3 Å². The van der Waals surface area contributed by atoms with Crippen LogP contribution >= 0.6 is 11.3 Å². The second-order valence-electron chi connectivity index (χ2n) is 3.38. The lowest BCUT2D eigenvalue weighted by Crippen LogP contribution is -2.18. The molecule has 0 spiro atoms. The zero-order valence-corrected chi connectivity index (χ0v) is 9.58. The number of esters is 1. The van der Waals surface area contributed by atoms with Crippen LogP contribution in [0, 0.1) is 10.1 Å². The van der Waals surface area contributed by atoms with Crippen molar-refractivity contribution in [3.05, 3.63) is 32.2 Å². The topological polar surface area (TPSA) is 86.5 Å². The molecule has 2 rings (SSSR count). The molecule has 0 aromatic carbocycles. The van der Waals surface area contributed by atoms with Gasteiger partial charge in [0.05, 0.1) is 12.0 Å². The number of Topliss-reactive ketones (excluding diaryl/α,β-unsaturated/α-hetero) is 1. The van der Waals surface area contributed by atoms with Crippen molar-refractivity contribution in [2.75, 3.05) is 7.11 Å². The highest BCUT2D eigenvalue weighted by Gasteiger charge is 2.28. The van der Waals surface area contributed by atoms with Gasteiger partial charge in [-0.15, -0.1) is 0 Å². The van der Waals surface area contributed by atoms with E-state index >= 15 is 0 Å². The smallest absolute Gasteiger partial charge is 0.341 e. The van der Waals surface area contributed by atoms with E-state index in [9.17, 15) is 19.7 Å². The number of hydrogen-bond acceptors (Lipinski definition) is 6. The Morgan fingerprint density at radius 1 is 1.59 bits per heavy atom. The molecule has 0 amide bonds. The fourth-order valence-corrected chi connectivity index (χ4v) is 2.48. The Kier molecular flexibility index (Phi) is 2.76. The van der Waals surface area contributed by atoms with Crippen molar-refractivity contribution >= 4 is 34.2 Å². The Hall–Kier alpha value is -2.02. The Balaban J connectivity index is 2.46. The Labute approximate surface area is 99.7 Å². The monoisotopic (exact) mass is 253 g/mol. The predicted molar refractivity (Wildman–Crippen MR) is 59.7 cm³/mol. The van der Waals surface area contributed by atoms with Gasteiger partial charge in [-0.25, -0.2) is 4.79 Å². The third-order valence-corrected chi connectivity index (χ3v) is 3.42. The summed E-state index contributed by atoms with van der Waals surface area (Å²) in [6, 6.07) is 1.36. The van der Waals surface area contributed by atoms with E-state index in [2.05, 4.69) is 4.74 Å². The molecule has 0 N–H and O–H groups in total. The molecule has 0 bridgehead atoms. The van der Waals surface area contributed by atoms with Crippen molar-refractivity contribution in [3.63, 3.8) is 0 Å². The summed E-state index contributed by atoms with van der Waals surface area (Å²) in [4.78, 5) is 33.5. The zero-order chi connectivity index (χ0) is 12.6. The Morgan fingerprint density at radius 3 is 2.88 bits per heavy atom. The van der Waals surface area contributed by atoms with Crippen molar-refractivity contribution < 1.29 is 19.2 Å².